The van der Waals surface area contributed by atoms with E-state index in [1.165, 1.54) is 0 Å². The summed E-state index contributed by atoms with van der Waals surface area (Å²) in [6, 6.07) is 17.8. The van der Waals surface area contributed by atoms with Gasteiger partial charge in [0.05, 0.1) is 18.9 Å². The number of fused-ring (bicyclic) bond motifs is 1. The maximum atomic E-state index is 12.7. The third-order valence-corrected chi connectivity index (χ3v) is 5.63. The fourth-order valence-corrected chi connectivity index (χ4v) is 3.87. The summed E-state index contributed by atoms with van der Waals surface area (Å²) < 4.78 is 5.33. The Morgan fingerprint density at radius 1 is 1.00 bits per heavy atom. The molecule has 1 aliphatic heterocycles. The maximum Gasteiger partial charge on any atom is 0.254 e. The summed E-state index contributed by atoms with van der Waals surface area (Å²) in [4.78, 5) is 26.8. The highest BCUT2D eigenvalue weighted by atomic mass is 16.5. The van der Waals surface area contributed by atoms with Crippen LogP contribution < -0.4 is 5.73 Å². The van der Waals surface area contributed by atoms with Crippen molar-refractivity contribution in [2.45, 2.75) is 6.54 Å². The van der Waals surface area contributed by atoms with Gasteiger partial charge in [0.15, 0.2) is 0 Å². The minimum atomic E-state index is 0.0422. The van der Waals surface area contributed by atoms with E-state index in [-0.39, 0.29) is 5.91 Å². The van der Waals surface area contributed by atoms with Crippen LogP contribution in [0, 0.1) is 0 Å². The van der Waals surface area contributed by atoms with Gasteiger partial charge in [-0.2, -0.15) is 0 Å². The van der Waals surface area contributed by atoms with Gasteiger partial charge in [-0.25, -0.2) is 9.97 Å². The molecule has 0 radical (unpaired) electrons. The zero-order chi connectivity index (χ0) is 21.2. The lowest BCUT2D eigenvalue weighted by atomic mass is 10.1. The number of nitrogens with two attached hydrogens (primary N) is 1. The molecule has 0 spiro atoms. The number of amides is 1. The molecule has 5 rings (SSSR count). The van der Waals surface area contributed by atoms with Crippen LogP contribution in [0.5, 0.6) is 0 Å². The molecule has 7 heteroatoms. The standard InChI is InChI=1S/C24H23N5O2/c25-14-16-1-3-18(4-2-16)22-20-13-21(28-23(20)27-15-26-22)17-5-7-19(8-6-17)24(30)29-9-11-31-12-10-29/h1-8,13,15H,9-12,14,25H2,(H,26,27,28). The van der Waals surface area contributed by atoms with Gasteiger partial charge in [-0.15, -0.1) is 0 Å². The number of ether oxygens (including phenoxy) is 1. The number of aromatic amines is 1. The summed E-state index contributed by atoms with van der Waals surface area (Å²) in [7, 11) is 0. The first-order valence-corrected chi connectivity index (χ1v) is 10.3. The Hall–Kier alpha value is -3.55. The second-order valence-electron chi connectivity index (χ2n) is 7.55. The Morgan fingerprint density at radius 3 is 2.42 bits per heavy atom. The second-order valence-corrected chi connectivity index (χ2v) is 7.55. The van der Waals surface area contributed by atoms with Crippen LogP contribution in [0.25, 0.3) is 33.5 Å². The van der Waals surface area contributed by atoms with Gasteiger partial charge in [-0.05, 0) is 29.3 Å². The maximum absolute atomic E-state index is 12.7. The predicted octanol–water partition coefficient (Wildman–Crippen LogP) is 3.22. The van der Waals surface area contributed by atoms with Gasteiger partial charge in [-0.1, -0.05) is 36.4 Å². The molecule has 0 unspecified atom stereocenters. The van der Waals surface area contributed by atoms with Gasteiger partial charge < -0.3 is 20.4 Å². The quantitative estimate of drug-likeness (QED) is 0.535. The molecule has 2 aromatic heterocycles. The minimum absolute atomic E-state index is 0.0422. The van der Waals surface area contributed by atoms with Crippen LogP contribution in [0.3, 0.4) is 0 Å². The van der Waals surface area contributed by atoms with E-state index in [0.717, 1.165) is 39.1 Å². The lowest BCUT2D eigenvalue weighted by Gasteiger charge is -2.26. The Balaban J connectivity index is 1.44. The number of carbonyl (C=O) groups is 1. The van der Waals surface area contributed by atoms with Gasteiger partial charge in [-0.3, -0.25) is 4.79 Å². The number of hydrogen-bond acceptors (Lipinski definition) is 5. The Labute approximate surface area is 179 Å². The van der Waals surface area contributed by atoms with E-state index in [1.54, 1.807) is 6.33 Å². The first kappa shape index (κ1) is 19.4. The molecule has 4 aromatic rings. The molecule has 3 heterocycles. The molecule has 1 fully saturated rings. The highest BCUT2D eigenvalue weighted by Gasteiger charge is 2.18. The molecule has 156 valence electrons. The third-order valence-electron chi connectivity index (χ3n) is 5.63. The van der Waals surface area contributed by atoms with Gasteiger partial charge >= 0.3 is 0 Å². The van der Waals surface area contributed by atoms with E-state index >= 15 is 0 Å². The van der Waals surface area contributed by atoms with Gasteiger partial charge in [0.2, 0.25) is 0 Å². The molecule has 0 aliphatic carbocycles. The SMILES string of the molecule is NCc1ccc(-c2ncnc3[nH]c(-c4ccc(C(=O)N5CCOCC5)cc4)cc23)cc1. The fourth-order valence-electron chi connectivity index (χ4n) is 3.87. The summed E-state index contributed by atoms with van der Waals surface area (Å²) in [5, 5.41) is 0.950. The third kappa shape index (κ3) is 3.81. The lowest BCUT2D eigenvalue weighted by Crippen LogP contribution is -2.40. The van der Waals surface area contributed by atoms with E-state index in [2.05, 4.69) is 21.0 Å². The van der Waals surface area contributed by atoms with E-state index in [1.807, 2.05) is 53.4 Å². The lowest BCUT2D eigenvalue weighted by molar-refractivity contribution is 0.0303. The average Bonchev–Trinajstić information content (AvgIpc) is 3.29. The van der Waals surface area contributed by atoms with Crippen LogP contribution in [0.4, 0.5) is 0 Å². The molecule has 0 atom stereocenters. The normalized spacial score (nSPS) is 14.2. The minimum Gasteiger partial charge on any atom is -0.378 e. The van der Waals surface area contributed by atoms with Crippen molar-refractivity contribution in [1.29, 1.82) is 0 Å². The van der Waals surface area contributed by atoms with Gasteiger partial charge in [0.25, 0.3) is 5.91 Å². The number of benzene rings is 2. The van der Waals surface area contributed by atoms with Gasteiger partial charge in [0.1, 0.15) is 12.0 Å². The molecule has 7 nitrogen and oxygen atoms in total. The molecule has 0 saturated carbocycles. The smallest absolute Gasteiger partial charge is 0.254 e. The molecular weight excluding hydrogens is 390 g/mol. The Kier molecular flexibility index (Phi) is 5.19. The van der Waals surface area contributed by atoms with Crippen molar-refractivity contribution < 1.29 is 9.53 Å². The van der Waals surface area contributed by atoms with Crippen LogP contribution in [-0.2, 0) is 11.3 Å². The first-order valence-electron chi connectivity index (χ1n) is 10.3. The molecule has 1 saturated heterocycles. The molecule has 1 aliphatic rings. The molecule has 3 N–H and O–H groups in total. The van der Waals surface area contributed by atoms with Crippen molar-refractivity contribution in [3.8, 4) is 22.5 Å². The Morgan fingerprint density at radius 2 is 1.71 bits per heavy atom. The number of morpholine rings is 1. The van der Waals surface area contributed by atoms with Crippen LogP contribution in [0.15, 0.2) is 60.9 Å². The summed E-state index contributed by atoms with van der Waals surface area (Å²) in [6.45, 7) is 2.97. The summed E-state index contributed by atoms with van der Waals surface area (Å²) in [5.41, 5.74) is 12.0. The van der Waals surface area contributed by atoms with Crippen LogP contribution in [-0.4, -0.2) is 52.1 Å². The number of rotatable bonds is 4. The number of aromatic nitrogens is 3. The molecule has 1 amide bonds. The largest absolute Gasteiger partial charge is 0.378 e. The van der Waals surface area contributed by atoms with Crippen molar-refractivity contribution in [1.82, 2.24) is 19.9 Å². The number of nitrogens with zero attached hydrogens (tertiary/aromatic N) is 3. The van der Waals surface area contributed by atoms with E-state index in [0.29, 0.717) is 38.4 Å². The predicted molar refractivity (Wildman–Crippen MR) is 119 cm³/mol. The van der Waals surface area contributed by atoms with Crippen molar-refractivity contribution in [3.63, 3.8) is 0 Å². The number of carbonyl (C=O) groups excluding carboxylic acids is 1. The fraction of sp³-hybridized carbons (Fsp3) is 0.208. The molecule has 2 aromatic carbocycles. The van der Waals surface area contributed by atoms with Crippen molar-refractivity contribution in [2.75, 3.05) is 26.3 Å². The Bertz CT molecular complexity index is 1210. The van der Waals surface area contributed by atoms with Crippen molar-refractivity contribution >= 4 is 16.9 Å². The molecular formula is C24H23N5O2. The highest BCUT2D eigenvalue weighted by Crippen LogP contribution is 2.30. The second kappa shape index (κ2) is 8.29. The van der Waals surface area contributed by atoms with Crippen molar-refractivity contribution in [3.05, 3.63) is 72.1 Å². The van der Waals surface area contributed by atoms with E-state index < -0.39 is 0 Å². The number of hydrogen-bond donors (Lipinski definition) is 2. The summed E-state index contributed by atoms with van der Waals surface area (Å²) >= 11 is 0. The van der Waals surface area contributed by atoms with Crippen LogP contribution >= 0.6 is 0 Å². The monoisotopic (exact) mass is 413 g/mol. The van der Waals surface area contributed by atoms with Crippen LogP contribution in [0.1, 0.15) is 15.9 Å². The first-order chi connectivity index (χ1) is 15.2. The number of H-pyrrole nitrogens is 1. The molecule has 31 heavy (non-hydrogen) atoms. The van der Waals surface area contributed by atoms with Crippen molar-refractivity contribution in [2.24, 2.45) is 5.73 Å². The topological polar surface area (TPSA) is 97.1 Å². The summed E-state index contributed by atoms with van der Waals surface area (Å²) in [6.07, 6.45) is 1.57. The summed E-state index contributed by atoms with van der Waals surface area (Å²) in [5.74, 6) is 0.0422. The van der Waals surface area contributed by atoms with Gasteiger partial charge in [0, 0.05) is 41.8 Å². The highest BCUT2D eigenvalue weighted by molar-refractivity contribution is 5.96. The zero-order valence-corrected chi connectivity index (χ0v) is 17.0. The van der Waals surface area contributed by atoms with Crippen LogP contribution in [0.2, 0.25) is 0 Å². The zero-order valence-electron chi connectivity index (χ0n) is 17.0. The molecule has 0 bridgehead atoms. The van der Waals surface area contributed by atoms with E-state index in [9.17, 15) is 4.79 Å². The van der Waals surface area contributed by atoms with E-state index in [4.69, 9.17) is 10.5 Å². The average molecular weight is 413 g/mol. The number of nitrogens with one attached hydrogen (secondary N) is 1.